The number of benzene rings is 2. The Labute approximate surface area is 198 Å². The highest BCUT2D eigenvalue weighted by Gasteiger charge is 2.34. The molecule has 1 fully saturated rings. The average Bonchev–Trinajstić information content (AvgIpc) is 2.87. The molecule has 2 aromatic rings. The molecule has 1 aliphatic heterocycles. The van der Waals surface area contributed by atoms with Gasteiger partial charge in [0.05, 0.1) is 21.3 Å². The minimum atomic E-state index is -0.0377. The molecule has 0 aromatic heterocycles. The molecule has 0 bridgehead atoms. The van der Waals surface area contributed by atoms with E-state index in [0.29, 0.717) is 28.9 Å². The van der Waals surface area contributed by atoms with Gasteiger partial charge < -0.3 is 19.1 Å². The Morgan fingerprint density at radius 1 is 0.970 bits per heavy atom. The highest BCUT2D eigenvalue weighted by Crippen LogP contribution is 2.44. The van der Waals surface area contributed by atoms with Crippen LogP contribution < -0.4 is 19.1 Å². The molecule has 33 heavy (non-hydrogen) atoms. The first-order chi connectivity index (χ1) is 16.0. The lowest BCUT2D eigenvalue weighted by Crippen LogP contribution is -2.35. The largest absolute Gasteiger partial charge is 0.493 e. The maximum atomic E-state index is 13.8. The van der Waals surface area contributed by atoms with Crippen LogP contribution in [0.1, 0.15) is 72.9 Å². The zero-order valence-electron chi connectivity index (χ0n) is 20.6. The van der Waals surface area contributed by atoms with Crippen LogP contribution in [-0.4, -0.2) is 40.2 Å². The second-order valence-electron chi connectivity index (χ2n) is 9.38. The number of Topliss-reactive ketones (excluding diaryl/α,β-unsaturated/α-hetero) is 1. The number of hydrogen-bond acceptors (Lipinski definition) is 5. The number of carbonyl (C=O) groups excluding carboxylic acids is 1. The third-order valence-corrected chi connectivity index (χ3v) is 7.73. The normalized spacial score (nSPS) is 22.5. The molecule has 1 aliphatic carbocycles. The smallest absolute Gasteiger partial charge is 0.203 e. The molecule has 2 aromatic carbocycles. The molecule has 5 heteroatoms. The van der Waals surface area contributed by atoms with Crippen molar-refractivity contribution in [2.45, 2.75) is 63.8 Å². The molecule has 0 saturated heterocycles. The number of aryl methyl sites for hydroxylation is 1. The van der Waals surface area contributed by atoms with Crippen LogP contribution in [0.2, 0.25) is 0 Å². The van der Waals surface area contributed by atoms with E-state index in [1.165, 1.54) is 36.1 Å². The van der Waals surface area contributed by atoms with E-state index in [1.54, 1.807) is 33.5 Å². The quantitative estimate of drug-likeness (QED) is 0.481. The van der Waals surface area contributed by atoms with E-state index in [1.807, 2.05) is 0 Å². The van der Waals surface area contributed by atoms with E-state index < -0.39 is 0 Å². The summed E-state index contributed by atoms with van der Waals surface area (Å²) in [6.45, 7) is 2.27. The van der Waals surface area contributed by atoms with Crippen molar-refractivity contribution in [2.24, 2.45) is 5.92 Å². The van der Waals surface area contributed by atoms with Gasteiger partial charge in [-0.3, -0.25) is 4.79 Å². The van der Waals surface area contributed by atoms with Crippen LogP contribution in [0.25, 0.3) is 0 Å². The van der Waals surface area contributed by atoms with Gasteiger partial charge >= 0.3 is 0 Å². The van der Waals surface area contributed by atoms with Crippen molar-refractivity contribution in [1.82, 2.24) is 0 Å². The predicted octanol–water partition coefficient (Wildman–Crippen LogP) is 6.03. The predicted molar refractivity (Wildman–Crippen MR) is 132 cm³/mol. The van der Waals surface area contributed by atoms with Crippen LogP contribution in [0.4, 0.5) is 5.69 Å². The molecule has 0 N–H and O–H groups in total. The van der Waals surface area contributed by atoms with E-state index in [4.69, 9.17) is 14.2 Å². The minimum absolute atomic E-state index is 0.0377. The van der Waals surface area contributed by atoms with Crippen LogP contribution in [0.15, 0.2) is 30.3 Å². The standard InChI is InChI=1S/C28H37NO4/c1-6-21-13-11-19-15-18(12-14-24(19)29(21)2)22-9-7-8-10-23(22)27(30)20-16-25(31-3)28(33-5)26(17-20)32-4/h12,14-17,21-23H,6-11,13H2,1-5H3. The zero-order chi connectivity index (χ0) is 23.5. The number of methoxy groups -OCH3 is 3. The Kier molecular flexibility index (Phi) is 7.16. The first kappa shape index (κ1) is 23.5. The molecule has 3 unspecified atom stereocenters. The van der Waals surface area contributed by atoms with Gasteiger partial charge in [-0.1, -0.05) is 31.9 Å². The van der Waals surface area contributed by atoms with Crippen molar-refractivity contribution in [2.75, 3.05) is 33.3 Å². The molecule has 0 spiro atoms. The lowest BCUT2D eigenvalue weighted by molar-refractivity contribution is 0.0867. The summed E-state index contributed by atoms with van der Waals surface area (Å²) in [6.07, 6.45) is 7.70. The van der Waals surface area contributed by atoms with Gasteiger partial charge in [-0.25, -0.2) is 0 Å². The van der Waals surface area contributed by atoms with Crippen LogP contribution in [-0.2, 0) is 6.42 Å². The second kappa shape index (κ2) is 10.1. The molecular weight excluding hydrogens is 414 g/mol. The Morgan fingerprint density at radius 2 is 1.67 bits per heavy atom. The summed E-state index contributed by atoms with van der Waals surface area (Å²) in [7, 11) is 6.96. The van der Waals surface area contributed by atoms with E-state index in [-0.39, 0.29) is 17.6 Å². The number of fused-ring (bicyclic) bond motifs is 1. The highest BCUT2D eigenvalue weighted by atomic mass is 16.5. The van der Waals surface area contributed by atoms with Gasteiger partial charge in [-0.05, 0) is 67.3 Å². The van der Waals surface area contributed by atoms with E-state index in [9.17, 15) is 4.79 Å². The van der Waals surface area contributed by atoms with Crippen molar-refractivity contribution in [3.8, 4) is 17.2 Å². The molecule has 1 heterocycles. The molecule has 178 valence electrons. The maximum absolute atomic E-state index is 13.8. The Hall–Kier alpha value is -2.69. The summed E-state index contributed by atoms with van der Waals surface area (Å²) in [5.41, 5.74) is 4.71. The summed E-state index contributed by atoms with van der Waals surface area (Å²) in [6, 6.07) is 11.1. The monoisotopic (exact) mass is 451 g/mol. The van der Waals surface area contributed by atoms with Gasteiger partial charge in [-0.2, -0.15) is 0 Å². The minimum Gasteiger partial charge on any atom is -0.493 e. The van der Waals surface area contributed by atoms with Gasteiger partial charge in [0, 0.05) is 30.3 Å². The van der Waals surface area contributed by atoms with E-state index in [0.717, 1.165) is 25.7 Å². The fourth-order valence-corrected chi connectivity index (χ4v) is 5.85. The van der Waals surface area contributed by atoms with Crippen molar-refractivity contribution >= 4 is 11.5 Å². The molecule has 3 atom stereocenters. The molecule has 1 saturated carbocycles. The van der Waals surface area contributed by atoms with Gasteiger partial charge in [0.2, 0.25) is 5.75 Å². The number of carbonyl (C=O) groups is 1. The molecule has 0 amide bonds. The summed E-state index contributed by atoms with van der Waals surface area (Å²) >= 11 is 0. The number of ether oxygens (including phenoxy) is 3. The summed E-state index contributed by atoms with van der Waals surface area (Å²) < 4.78 is 16.4. The Bertz CT molecular complexity index is 976. The zero-order valence-corrected chi connectivity index (χ0v) is 20.6. The topological polar surface area (TPSA) is 48.0 Å². The molecule has 2 aliphatic rings. The van der Waals surface area contributed by atoms with Crippen molar-refractivity contribution in [3.05, 3.63) is 47.0 Å². The highest BCUT2D eigenvalue weighted by molar-refractivity contribution is 5.99. The maximum Gasteiger partial charge on any atom is 0.203 e. The summed E-state index contributed by atoms with van der Waals surface area (Å²) in [4.78, 5) is 16.2. The SMILES string of the molecule is CCC1CCc2cc(C3CCCCC3C(=O)c3cc(OC)c(OC)c(OC)c3)ccc2N1C. The van der Waals surface area contributed by atoms with Gasteiger partial charge in [0.25, 0.3) is 0 Å². The number of ketones is 1. The average molecular weight is 452 g/mol. The molecule has 0 radical (unpaired) electrons. The summed E-state index contributed by atoms with van der Waals surface area (Å²) in [5.74, 6) is 1.93. The van der Waals surface area contributed by atoms with E-state index >= 15 is 0 Å². The molecule has 5 nitrogen and oxygen atoms in total. The Morgan fingerprint density at radius 3 is 2.30 bits per heavy atom. The van der Waals surface area contributed by atoms with Gasteiger partial charge in [-0.15, -0.1) is 0 Å². The van der Waals surface area contributed by atoms with Crippen LogP contribution >= 0.6 is 0 Å². The van der Waals surface area contributed by atoms with Crippen molar-refractivity contribution in [1.29, 1.82) is 0 Å². The van der Waals surface area contributed by atoms with Crippen molar-refractivity contribution < 1.29 is 19.0 Å². The molecular formula is C28H37NO4. The summed E-state index contributed by atoms with van der Waals surface area (Å²) in [5, 5.41) is 0. The fraction of sp³-hybridized carbons (Fsp3) is 0.536. The first-order valence-electron chi connectivity index (χ1n) is 12.2. The fourth-order valence-electron chi connectivity index (χ4n) is 5.85. The first-order valence-corrected chi connectivity index (χ1v) is 12.2. The number of anilines is 1. The van der Waals surface area contributed by atoms with Gasteiger partial charge in [0.1, 0.15) is 0 Å². The second-order valence-corrected chi connectivity index (χ2v) is 9.38. The van der Waals surface area contributed by atoms with E-state index in [2.05, 4.69) is 37.1 Å². The van der Waals surface area contributed by atoms with Gasteiger partial charge in [0.15, 0.2) is 17.3 Å². The van der Waals surface area contributed by atoms with Crippen LogP contribution in [0, 0.1) is 5.92 Å². The lowest BCUT2D eigenvalue weighted by Gasteiger charge is -2.37. The number of nitrogens with zero attached hydrogens (tertiary/aromatic N) is 1. The van der Waals surface area contributed by atoms with Crippen molar-refractivity contribution in [3.63, 3.8) is 0 Å². The molecule has 4 rings (SSSR count). The lowest BCUT2D eigenvalue weighted by atomic mass is 9.72. The Balaban J connectivity index is 1.65. The third-order valence-electron chi connectivity index (χ3n) is 7.73. The van der Waals surface area contributed by atoms with Crippen LogP contribution in [0.5, 0.6) is 17.2 Å². The number of rotatable bonds is 7. The number of hydrogen-bond donors (Lipinski definition) is 0. The third kappa shape index (κ3) is 4.42. The van der Waals surface area contributed by atoms with Crippen LogP contribution in [0.3, 0.4) is 0 Å².